The number of rotatable bonds is 1. The van der Waals surface area contributed by atoms with Crippen LogP contribution in [0, 0.1) is 11.8 Å². The van der Waals surface area contributed by atoms with E-state index in [9.17, 15) is 0 Å². The van der Waals surface area contributed by atoms with Gasteiger partial charge < -0.3 is 10.6 Å². The molecule has 1 heterocycles. The Hall–Kier alpha value is -0.830. The summed E-state index contributed by atoms with van der Waals surface area (Å²) in [6.07, 6.45) is 4.06. The summed E-state index contributed by atoms with van der Waals surface area (Å²) in [6.45, 7) is 5.98. The third-order valence-corrected chi connectivity index (χ3v) is 5.52. The largest absolute Gasteiger partial charge is 0.399 e. The first-order valence-electron chi connectivity index (χ1n) is 7.42. The Morgan fingerprint density at radius 2 is 1.89 bits per heavy atom. The van der Waals surface area contributed by atoms with Crippen molar-refractivity contribution in [3.05, 3.63) is 18.2 Å². The number of nitrogens with zero attached hydrogens (tertiary/aromatic N) is 1. The van der Waals surface area contributed by atoms with Gasteiger partial charge in [-0.25, -0.2) is 0 Å². The molecule has 104 valence electrons. The summed E-state index contributed by atoms with van der Waals surface area (Å²) in [6, 6.07) is 7.10. The Balaban J connectivity index is 1.88. The number of anilines is 2. The third-order valence-electron chi connectivity index (χ3n) is 4.48. The van der Waals surface area contributed by atoms with Gasteiger partial charge in [0.1, 0.15) is 0 Å². The average molecular weight is 276 g/mol. The molecule has 2 N–H and O–H groups in total. The Bertz CT molecular complexity index is 450. The minimum atomic E-state index is 0.709. The van der Waals surface area contributed by atoms with Crippen LogP contribution in [-0.4, -0.2) is 18.3 Å². The van der Waals surface area contributed by atoms with Crippen LogP contribution in [0.2, 0.25) is 0 Å². The molecule has 1 saturated carbocycles. The van der Waals surface area contributed by atoms with Gasteiger partial charge in [-0.15, -0.1) is 11.8 Å². The van der Waals surface area contributed by atoms with E-state index in [1.54, 1.807) is 0 Å². The fourth-order valence-corrected chi connectivity index (χ4v) is 4.79. The molecular formula is C16H24N2S. The Kier molecular flexibility index (Phi) is 3.66. The summed E-state index contributed by atoms with van der Waals surface area (Å²) in [5, 5.41) is 0. The van der Waals surface area contributed by atoms with Crippen LogP contribution in [0.15, 0.2) is 23.1 Å². The molecule has 2 unspecified atom stereocenters. The lowest BCUT2D eigenvalue weighted by molar-refractivity contribution is 0.260. The van der Waals surface area contributed by atoms with Crippen LogP contribution in [0.5, 0.6) is 0 Å². The van der Waals surface area contributed by atoms with Gasteiger partial charge in [0.15, 0.2) is 0 Å². The zero-order valence-corrected chi connectivity index (χ0v) is 12.7. The molecule has 3 rings (SSSR count). The van der Waals surface area contributed by atoms with Crippen molar-refractivity contribution in [3.8, 4) is 0 Å². The quantitative estimate of drug-likeness (QED) is 0.786. The molecule has 2 nitrogen and oxygen atoms in total. The molecule has 1 aliphatic heterocycles. The normalized spacial score (nSPS) is 31.1. The van der Waals surface area contributed by atoms with E-state index in [4.69, 9.17) is 5.73 Å². The van der Waals surface area contributed by atoms with Gasteiger partial charge in [-0.05, 0) is 49.3 Å². The first kappa shape index (κ1) is 13.2. The highest BCUT2D eigenvalue weighted by Gasteiger charge is 2.31. The Labute approximate surface area is 120 Å². The summed E-state index contributed by atoms with van der Waals surface area (Å²) in [5.41, 5.74) is 8.26. The van der Waals surface area contributed by atoms with E-state index < -0.39 is 0 Å². The smallest absolute Gasteiger partial charge is 0.0527 e. The summed E-state index contributed by atoms with van der Waals surface area (Å²) in [5.74, 6) is 2.91. The molecule has 0 spiro atoms. The van der Waals surface area contributed by atoms with Gasteiger partial charge in [0.25, 0.3) is 0 Å². The predicted molar refractivity (Wildman–Crippen MR) is 84.9 cm³/mol. The molecule has 3 heteroatoms. The van der Waals surface area contributed by atoms with Crippen molar-refractivity contribution in [1.29, 1.82) is 0 Å². The van der Waals surface area contributed by atoms with Gasteiger partial charge in [-0.2, -0.15) is 0 Å². The molecule has 2 aliphatic rings. The standard InChI is InChI=1S/C16H24N2S/c1-11-7-12(2)9-14(8-11)18-5-6-19-16-4-3-13(17)10-15(16)18/h3-4,10-12,14H,5-9,17H2,1-2H3. The number of hydrogen-bond donors (Lipinski definition) is 1. The zero-order valence-electron chi connectivity index (χ0n) is 11.9. The molecule has 0 bridgehead atoms. The van der Waals surface area contributed by atoms with Crippen LogP contribution in [0.4, 0.5) is 11.4 Å². The maximum Gasteiger partial charge on any atom is 0.0527 e. The van der Waals surface area contributed by atoms with Crippen LogP contribution in [-0.2, 0) is 0 Å². The Morgan fingerprint density at radius 3 is 2.63 bits per heavy atom. The lowest BCUT2D eigenvalue weighted by Gasteiger charge is -2.43. The second-order valence-corrected chi connectivity index (χ2v) is 7.48. The van der Waals surface area contributed by atoms with E-state index >= 15 is 0 Å². The van der Waals surface area contributed by atoms with E-state index in [1.807, 2.05) is 17.8 Å². The second kappa shape index (κ2) is 5.28. The van der Waals surface area contributed by atoms with Gasteiger partial charge in [-0.3, -0.25) is 0 Å². The summed E-state index contributed by atoms with van der Waals surface area (Å²) < 4.78 is 0. The highest BCUT2D eigenvalue weighted by atomic mass is 32.2. The number of fused-ring (bicyclic) bond motifs is 1. The number of benzene rings is 1. The zero-order chi connectivity index (χ0) is 13.4. The predicted octanol–water partition coefficient (Wildman–Crippen LogP) is 4.01. The first-order valence-corrected chi connectivity index (χ1v) is 8.41. The number of thioether (sulfide) groups is 1. The maximum absolute atomic E-state index is 5.99. The van der Waals surface area contributed by atoms with Crippen molar-refractivity contribution >= 4 is 23.1 Å². The van der Waals surface area contributed by atoms with E-state index in [-0.39, 0.29) is 0 Å². The molecule has 0 amide bonds. The van der Waals surface area contributed by atoms with Gasteiger partial charge in [0.05, 0.1) is 5.69 Å². The number of nitrogen functional groups attached to an aromatic ring is 1. The van der Waals surface area contributed by atoms with Crippen LogP contribution < -0.4 is 10.6 Å². The summed E-state index contributed by atoms with van der Waals surface area (Å²) >= 11 is 1.97. The molecule has 0 radical (unpaired) electrons. The maximum atomic E-state index is 5.99. The lowest BCUT2D eigenvalue weighted by Crippen LogP contribution is -2.43. The number of hydrogen-bond acceptors (Lipinski definition) is 3. The topological polar surface area (TPSA) is 29.3 Å². The van der Waals surface area contributed by atoms with Crippen molar-refractivity contribution in [3.63, 3.8) is 0 Å². The van der Waals surface area contributed by atoms with Crippen molar-refractivity contribution in [2.75, 3.05) is 22.9 Å². The van der Waals surface area contributed by atoms with E-state index in [0.29, 0.717) is 6.04 Å². The van der Waals surface area contributed by atoms with Crippen LogP contribution in [0.1, 0.15) is 33.1 Å². The summed E-state index contributed by atoms with van der Waals surface area (Å²) in [4.78, 5) is 4.04. The summed E-state index contributed by atoms with van der Waals surface area (Å²) in [7, 11) is 0. The van der Waals surface area contributed by atoms with Crippen molar-refractivity contribution < 1.29 is 0 Å². The SMILES string of the molecule is CC1CC(C)CC(N2CCSc3ccc(N)cc32)C1. The monoisotopic (exact) mass is 276 g/mol. The second-order valence-electron chi connectivity index (χ2n) is 6.34. The molecular weight excluding hydrogens is 252 g/mol. The van der Waals surface area contributed by atoms with Gasteiger partial charge in [0.2, 0.25) is 0 Å². The number of nitrogens with two attached hydrogens (primary N) is 1. The Morgan fingerprint density at radius 1 is 1.16 bits per heavy atom. The fourth-order valence-electron chi connectivity index (χ4n) is 3.79. The fraction of sp³-hybridized carbons (Fsp3) is 0.625. The van der Waals surface area contributed by atoms with Crippen LogP contribution in [0.25, 0.3) is 0 Å². The van der Waals surface area contributed by atoms with Crippen molar-refractivity contribution in [2.24, 2.45) is 11.8 Å². The highest BCUT2D eigenvalue weighted by molar-refractivity contribution is 7.99. The third kappa shape index (κ3) is 2.71. The first-order chi connectivity index (χ1) is 9.13. The van der Waals surface area contributed by atoms with Gasteiger partial charge in [0, 0.05) is 28.9 Å². The molecule has 2 atom stereocenters. The van der Waals surface area contributed by atoms with Gasteiger partial charge >= 0.3 is 0 Å². The minimum Gasteiger partial charge on any atom is -0.399 e. The molecule has 19 heavy (non-hydrogen) atoms. The van der Waals surface area contributed by atoms with Crippen LogP contribution in [0.3, 0.4) is 0 Å². The van der Waals surface area contributed by atoms with Crippen LogP contribution >= 0.6 is 11.8 Å². The molecule has 1 aromatic rings. The molecule has 0 aromatic heterocycles. The van der Waals surface area contributed by atoms with E-state index in [1.165, 1.54) is 42.1 Å². The van der Waals surface area contributed by atoms with E-state index in [2.05, 4.69) is 30.9 Å². The van der Waals surface area contributed by atoms with Crippen molar-refractivity contribution in [2.45, 2.75) is 44.0 Å². The lowest BCUT2D eigenvalue weighted by atomic mass is 9.79. The molecule has 0 saturated heterocycles. The van der Waals surface area contributed by atoms with E-state index in [0.717, 1.165) is 17.5 Å². The molecule has 1 aliphatic carbocycles. The van der Waals surface area contributed by atoms with Crippen molar-refractivity contribution in [1.82, 2.24) is 0 Å². The highest BCUT2D eigenvalue weighted by Crippen LogP contribution is 2.41. The minimum absolute atomic E-state index is 0.709. The van der Waals surface area contributed by atoms with Gasteiger partial charge in [-0.1, -0.05) is 13.8 Å². The molecule has 1 aromatic carbocycles. The molecule has 1 fully saturated rings. The average Bonchev–Trinajstić information content (AvgIpc) is 2.36.